The minimum atomic E-state index is 0.0278. The first kappa shape index (κ1) is 17.8. The van der Waals surface area contributed by atoms with E-state index < -0.39 is 0 Å². The molecule has 0 aliphatic rings. The molecule has 0 bridgehead atoms. The number of hydrogen-bond acceptors (Lipinski definition) is 3. The van der Waals surface area contributed by atoms with Gasteiger partial charge in [-0.1, -0.05) is 29.3 Å². The third-order valence-corrected chi connectivity index (χ3v) is 4.00. The Balaban J connectivity index is 2.16. The van der Waals surface area contributed by atoms with Crippen LogP contribution in [0, 0.1) is 6.92 Å². The van der Waals surface area contributed by atoms with Crippen molar-refractivity contribution in [3.05, 3.63) is 51.5 Å². The molecule has 0 saturated carbocycles. The summed E-state index contributed by atoms with van der Waals surface area (Å²) in [7, 11) is 1.61. The zero-order chi connectivity index (χ0) is 17.0. The lowest BCUT2D eigenvalue weighted by Gasteiger charge is -2.17. The van der Waals surface area contributed by atoms with Crippen LogP contribution < -0.4 is 14.8 Å². The predicted molar refractivity (Wildman–Crippen MR) is 97.3 cm³/mol. The first-order valence-electron chi connectivity index (χ1n) is 7.43. The van der Waals surface area contributed by atoms with Crippen molar-refractivity contribution in [2.45, 2.75) is 33.4 Å². The van der Waals surface area contributed by atoms with Crippen LogP contribution >= 0.6 is 23.2 Å². The van der Waals surface area contributed by atoms with Gasteiger partial charge < -0.3 is 14.8 Å². The predicted octanol–water partition coefficient (Wildman–Crippen LogP) is 5.71. The minimum Gasteiger partial charge on any atom is -0.493 e. The summed E-state index contributed by atoms with van der Waals surface area (Å²) in [6.45, 7) is 6.49. The Labute approximate surface area is 147 Å². The molecule has 0 unspecified atom stereocenters. The maximum atomic E-state index is 6.33. The molecule has 2 aromatic carbocycles. The van der Waals surface area contributed by atoms with Gasteiger partial charge in [0, 0.05) is 17.3 Å². The van der Waals surface area contributed by atoms with Gasteiger partial charge >= 0.3 is 0 Å². The molecule has 2 rings (SSSR count). The Hall–Kier alpha value is -1.58. The highest BCUT2D eigenvalue weighted by atomic mass is 35.5. The summed E-state index contributed by atoms with van der Waals surface area (Å²) in [5.41, 5.74) is 3.01. The van der Waals surface area contributed by atoms with E-state index in [2.05, 4.69) is 5.32 Å². The van der Waals surface area contributed by atoms with Crippen molar-refractivity contribution in [2.24, 2.45) is 0 Å². The summed E-state index contributed by atoms with van der Waals surface area (Å²) >= 11 is 12.5. The molecule has 0 fully saturated rings. The van der Waals surface area contributed by atoms with E-state index in [-0.39, 0.29) is 6.10 Å². The van der Waals surface area contributed by atoms with Gasteiger partial charge in [-0.15, -0.1) is 0 Å². The molecule has 124 valence electrons. The molecule has 0 amide bonds. The standard InChI is InChI=1S/C18H21Cl2NO2/c1-11(2)23-18-16(20)7-13(8-17(18)22-4)10-21-14-6-5-12(3)15(19)9-14/h5-9,11,21H,10H2,1-4H3. The lowest BCUT2D eigenvalue weighted by molar-refractivity contribution is 0.230. The molecule has 0 aliphatic heterocycles. The fourth-order valence-electron chi connectivity index (χ4n) is 2.13. The van der Waals surface area contributed by atoms with Crippen LogP contribution in [-0.4, -0.2) is 13.2 Å². The molecular weight excluding hydrogens is 333 g/mol. The van der Waals surface area contributed by atoms with Crippen molar-refractivity contribution in [1.82, 2.24) is 0 Å². The molecule has 0 saturated heterocycles. The maximum absolute atomic E-state index is 6.33. The number of benzene rings is 2. The lowest BCUT2D eigenvalue weighted by atomic mass is 10.1. The molecular formula is C18H21Cl2NO2. The zero-order valence-electron chi connectivity index (χ0n) is 13.7. The molecule has 2 aromatic rings. The number of hydrogen-bond donors (Lipinski definition) is 1. The fraction of sp³-hybridized carbons (Fsp3) is 0.333. The van der Waals surface area contributed by atoms with Gasteiger partial charge in [0.2, 0.25) is 0 Å². The van der Waals surface area contributed by atoms with E-state index in [9.17, 15) is 0 Å². The van der Waals surface area contributed by atoms with Gasteiger partial charge in [-0.25, -0.2) is 0 Å². The second-order valence-electron chi connectivity index (χ2n) is 5.59. The van der Waals surface area contributed by atoms with Crippen LogP contribution in [0.5, 0.6) is 11.5 Å². The zero-order valence-corrected chi connectivity index (χ0v) is 15.3. The van der Waals surface area contributed by atoms with Crippen LogP contribution in [-0.2, 0) is 6.54 Å². The third-order valence-electron chi connectivity index (χ3n) is 3.31. The van der Waals surface area contributed by atoms with Crippen molar-refractivity contribution in [3.63, 3.8) is 0 Å². The van der Waals surface area contributed by atoms with Gasteiger partial charge in [0.25, 0.3) is 0 Å². The van der Waals surface area contributed by atoms with Gasteiger partial charge in [-0.05, 0) is 56.2 Å². The number of aryl methyl sites for hydroxylation is 1. The molecule has 0 radical (unpaired) electrons. The van der Waals surface area contributed by atoms with Crippen molar-refractivity contribution >= 4 is 28.9 Å². The molecule has 0 aromatic heterocycles. The highest BCUT2D eigenvalue weighted by Crippen LogP contribution is 2.37. The first-order chi connectivity index (χ1) is 10.9. The quantitative estimate of drug-likeness (QED) is 0.721. The normalized spacial score (nSPS) is 10.7. The number of rotatable bonds is 6. The molecule has 3 nitrogen and oxygen atoms in total. The minimum absolute atomic E-state index is 0.0278. The van der Waals surface area contributed by atoms with Gasteiger partial charge in [-0.2, -0.15) is 0 Å². The van der Waals surface area contributed by atoms with Gasteiger partial charge in [0.05, 0.1) is 18.2 Å². The molecule has 0 atom stereocenters. The van der Waals surface area contributed by atoms with Crippen LogP contribution in [0.15, 0.2) is 30.3 Å². The van der Waals surface area contributed by atoms with Gasteiger partial charge in [0.1, 0.15) is 0 Å². The molecule has 1 N–H and O–H groups in total. The Kier molecular flexibility index (Phi) is 6.03. The SMILES string of the molecule is COc1cc(CNc2ccc(C)c(Cl)c2)cc(Cl)c1OC(C)C. The van der Waals surface area contributed by atoms with Crippen molar-refractivity contribution in [1.29, 1.82) is 0 Å². The Morgan fingerprint density at radius 2 is 1.83 bits per heavy atom. The highest BCUT2D eigenvalue weighted by molar-refractivity contribution is 6.32. The number of methoxy groups -OCH3 is 1. The Morgan fingerprint density at radius 3 is 2.43 bits per heavy atom. The molecule has 5 heteroatoms. The fourth-order valence-corrected chi connectivity index (χ4v) is 2.59. The number of ether oxygens (including phenoxy) is 2. The average molecular weight is 354 g/mol. The van der Waals surface area contributed by atoms with E-state index in [1.54, 1.807) is 7.11 Å². The summed E-state index contributed by atoms with van der Waals surface area (Å²) in [6.07, 6.45) is 0.0278. The highest BCUT2D eigenvalue weighted by Gasteiger charge is 2.13. The monoisotopic (exact) mass is 353 g/mol. The topological polar surface area (TPSA) is 30.5 Å². The molecule has 0 aliphatic carbocycles. The lowest BCUT2D eigenvalue weighted by Crippen LogP contribution is -2.08. The summed E-state index contributed by atoms with van der Waals surface area (Å²) in [5.74, 6) is 1.20. The van der Waals surface area contributed by atoms with E-state index in [0.717, 1.165) is 21.8 Å². The van der Waals surface area contributed by atoms with Crippen LogP contribution in [0.1, 0.15) is 25.0 Å². The maximum Gasteiger partial charge on any atom is 0.180 e. The first-order valence-corrected chi connectivity index (χ1v) is 8.19. The Bertz CT molecular complexity index is 687. The second-order valence-corrected chi connectivity index (χ2v) is 6.41. The Morgan fingerprint density at radius 1 is 1.09 bits per heavy atom. The van der Waals surface area contributed by atoms with Crippen molar-refractivity contribution in [2.75, 3.05) is 12.4 Å². The largest absolute Gasteiger partial charge is 0.493 e. The second kappa shape index (κ2) is 7.80. The van der Waals surface area contributed by atoms with Crippen LogP contribution in [0.25, 0.3) is 0 Å². The van der Waals surface area contributed by atoms with E-state index in [1.807, 2.05) is 51.1 Å². The molecule has 0 heterocycles. The van der Waals surface area contributed by atoms with Gasteiger partial charge in [0.15, 0.2) is 11.5 Å². The summed E-state index contributed by atoms with van der Waals surface area (Å²) in [6, 6.07) is 9.69. The van der Waals surface area contributed by atoms with E-state index in [4.69, 9.17) is 32.7 Å². The third kappa shape index (κ3) is 4.69. The number of anilines is 1. The summed E-state index contributed by atoms with van der Waals surface area (Å²) in [4.78, 5) is 0. The van der Waals surface area contributed by atoms with Crippen LogP contribution in [0.4, 0.5) is 5.69 Å². The van der Waals surface area contributed by atoms with E-state index >= 15 is 0 Å². The van der Waals surface area contributed by atoms with E-state index in [0.29, 0.717) is 23.1 Å². The van der Waals surface area contributed by atoms with Gasteiger partial charge in [-0.3, -0.25) is 0 Å². The van der Waals surface area contributed by atoms with Crippen molar-refractivity contribution in [3.8, 4) is 11.5 Å². The average Bonchev–Trinajstić information content (AvgIpc) is 2.50. The number of halogens is 2. The summed E-state index contributed by atoms with van der Waals surface area (Å²) < 4.78 is 11.1. The molecule has 23 heavy (non-hydrogen) atoms. The summed E-state index contributed by atoms with van der Waals surface area (Å²) in [5, 5.41) is 4.61. The van der Waals surface area contributed by atoms with Crippen LogP contribution in [0.2, 0.25) is 10.0 Å². The van der Waals surface area contributed by atoms with Crippen LogP contribution in [0.3, 0.4) is 0 Å². The van der Waals surface area contributed by atoms with E-state index in [1.165, 1.54) is 0 Å². The number of nitrogens with one attached hydrogen (secondary N) is 1. The van der Waals surface area contributed by atoms with Crippen molar-refractivity contribution < 1.29 is 9.47 Å². The smallest absolute Gasteiger partial charge is 0.180 e. The molecule has 0 spiro atoms.